The van der Waals surface area contributed by atoms with Crippen molar-refractivity contribution in [2.45, 2.75) is 35.1 Å². The van der Waals surface area contributed by atoms with Crippen LogP contribution >= 0.6 is 11.3 Å². The van der Waals surface area contributed by atoms with Crippen molar-refractivity contribution in [3.63, 3.8) is 0 Å². The molecular formula is C21H15F4NO3S2. The van der Waals surface area contributed by atoms with Gasteiger partial charge in [-0.25, -0.2) is 17.8 Å². The number of nitrogens with zero attached hydrogens (tertiary/aromatic N) is 1. The van der Waals surface area contributed by atoms with Gasteiger partial charge in [-0.1, -0.05) is 30.7 Å². The Bertz CT molecular complexity index is 1240. The minimum Gasteiger partial charge on any atom is -0.288 e. The van der Waals surface area contributed by atoms with E-state index in [-0.39, 0.29) is 16.3 Å². The van der Waals surface area contributed by atoms with Gasteiger partial charge in [-0.15, -0.1) is 11.3 Å². The van der Waals surface area contributed by atoms with Crippen LogP contribution in [0.1, 0.15) is 45.1 Å². The maximum absolute atomic E-state index is 13.3. The van der Waals surface area contributed by atoms with Gasteiger partial charge in [-0.3, -0.25) is 4.79 Å². The van der Waals surface area contributed by atoms with E-state index in [9.17, 15) is 30.8 Å². The Kier molecular flexibility index (Phi) is 5.25. The van der Waals surface area contributed by atoms with E-state index in [1.165, 1.54) is 24.4 Å². The number of thiazole rings is 1. The fraction of sp³-hybridized carbons (Fsp3) is 0.238. The molecule has 3 aromatic rings. The zero-order chi connectivity index (χ0) is 22.4. The standard InChI is InChI=1S/C21H15F4NO3S2/c22-15-7-5-14(6-8-15)20(9-2-10-20)19-26-12-17(30-19)18(27)13-3-1-4-16(11-13)31(28,29)21(23,24)25/h1,3-8,11-12H,2,9-10H2. The first kappa shape index (κ1) is 21.6. The fourth-order valence-electron chi connectivity index (χ4n) is 3.61. The first-order valence-electron chi connectivity index (χ1n) is 9.23. The second kappa shape index (κ2) is 7.52. The summed E-state index contributed by atoms with van der Waals surface area (Å²) in [7, 11) is -5.56. The number of benzene rings is 2. The molecule has 0 spiro atoms. The van der Waals surface area contributed by atoms with Gasteiger partial charge in [-0.05, 0) is 42.7 Å². The minimum atomic E-state index is -5.56. The quantitative estimate of drug-likeness (QED) is 0.377. The number of hydrogen-bond acceptors (Lipinski definition) is 5. The lowest BCUT2D eigenvalue weighted by molar-refractivity contribution is -0.0436. The first-order valence-corrected chi connectivity index (χ1v) is 11.5. The highest BCUT2D eigenvalue weighted by Crippen LogP contribution is 2.50. The number of aromatic nitrogens is 1. The van der Waals surface area contributed by atoms with Crippen LogP contribution in [0.3, 0.4) is 0 Å². The van der Waals surface area contributed by atoms with Crippen molar-refractivity contribution in [1.82, 2.24) is 4.98 Å². The number of carbonyl (C=O) groups is 1. The van der Waals surface area contributed by atoms with E-state index >= 15 is 0 Å². The predicted octanol–water partition coefficient (Wildman–Crippen LogP) is 5.28. The van der Waals surface area contributed by atoms with Crippen LogP contribution in [-0.4, -0.2) is 24.7 Å². The summed E-state index contributed by atoms with van der Waals surface area (Å²) in [5.74, 6) is -0.974. The molecule has 1 heterocycles. The largest absolute Gasteiger partial charge is 0.501 e. The lowest BCUT2D eigenvalue weighted by Crippen LogP contribution is -2.35. The number of hydrogen-bond donors (Lipinski definition) is 0. The average Bonchev–Trinajstić information content (AvgIpc) is 3.17. The Labute approximate surface area is 179 Å². The molecule has 1 fully saturated rings. The molecule has 0 bridgehead atoms. The SMILES string of the molecule is O=C(c1cccc(S(=O)(=O)C(F)(F)F)c1)c1cnc(C2(c3ccc(F)cc3)CCC2)s1. The van der Waals surface area contributed by atoms with Crippen LogP contribution in [0.25, 0.3) is 0 Å². The van der Waals surface area contributed by atoms with Gasteiger partial charge in [0.1, 0.15) is 10.8 Å². The summed E-state index contributed by atoms with van der Waals surface area (Å²) in [6.45, 7) is 0. The Balaban J connectivity index is 1.67. The number of rotatable bonds is 5. The maximum atomic E-state index is 13.3. The van der Waals surface area contributed by atoms with E-state index in [0.717, 1.165) is 54.4 Å². The van der Waals surface area contributed by atoms with E-state index in [0.29, 0.717) is 5.01 Å². The van der Waals surface area contributed by atoms with Gasteiger partial charge in [0.05, 0.1) is 9.77 Å². The maximum Gasteiger partial charge on any atom is 0.501 e. The fourth-order valence-corrected chi connectivity index (χ4v) is 5.56. The minimum absolute atomic E-state index is 0.176. The summed E-state index contributed by atoms with van der Waals surface area (Å²) in [6, 6.07) is 9.98. The second-order valence-electron chi connectivity index (χ2n) is 7.28. The monoisotopic (exact) mass is 469 g/mol. The molecule has 0 N–H and O–H groups in total. The topological polar surface area (TPSA) is 64.1 Å². The summed E-state index contributed by atoms with van der Waals surface area (Å²) < 4.78 is 75.1. The van der Waals surface area contributed by atoms with Crippen LogP contribution in [-0.2, 0) is 15.3 Å². The number of ketones is 1. The number of alkyl halides is 3. The highest BCUT2D eigenvalue weighted by atomic mass is 32.2. The molecule has 0 radical (unpaired) electrons. The smallest absolute Gasteiger partial charge is 0.288 e. The van der Waals surface area contributed by atoms with E-state index in [2.05, 4.69) is 4.98 Å². The van der Waals surface area contributed by atoms with Crippen molar-refractivity contribution in [3.05, 3.63) is 81.6 Å². The van der Waals surface area contributed by atoms with Gasteiger partial charge < -0.3 is 0 Å². The predicted molar refractivity (Wildman–Crippen MR) is 106 cm³/mol. The van der Waals surface area contributed by atoms with Gasteiger partial charge in [0.15, 0.2) is 0 Å². The molecule has 4 nitrogen and oxygen atoms in total. The van der Waals surface area contributed by atoms with Gasteiger partial charge >= 0.3 is 5.51 Å². The van der Waals surface area contributed by atoms with E-state index < -0.39 is 31.4 Å². The number of carbonyl (C=O) groups excluding carboxylic acids is 1. The molecule has 1 aliphatic carbocycles. The number of sulfone groups is 1. The van der Waals surface area contributed by atoms with Crippen LogP contribution in [0.5, 0.6) is 0 Å². The van der Waals surface area contributed by atoms with E-state index in [1.54, 1.807) is 12.1 Å². The molecule has 4 rings (SSSR count). The van der Waals surface area contributed by atoms with Crippen LogP contribution < -0.4 is 0 Å². The Morgan fingerprint density at radius 2 is 1.74 bits per heavy atom. The second-order valence-corrected chi connectivity index (χ2v) is 10.3. The summed E-state index contributed by atoms with van der Waals surface area (Å²) in [5.41, 5.74) is -5.19. The Morgan fingerprint density at radius 1 is 1.06 bits per heavy atom. The normalized spacial score (nSPS) is 16.0. The molecule has 31 heavy (non-hydrogen) atoms. The van der Waals surface area contributed by atoms with Gasteiger partial charge in [0, 0.05) is 17.2 Å². The van der Waals surface area contributed by atoms with Crippen molar-refractivity contribution in [2.24, 2.45) is 0 Å². The third-order valence-corrected chi connectivity index (χ3v) is 8.14. The third kappa shape index (κ3) is 3.67. The van der Waals surface area contributed by atoms with Gasteiger partial charge in [0.2, 0.25) is 5.78 Å². The number of halogens is 4. The zero-order valence-corrected chi connectivity index (χ0v) is 17.5. The molecule has 1 saturated carbocycles. The average molecular weight is 469 g/mol. The molecule has 0 atom stereocenters. The van der Waals surface area contributed by atoms with Crippen LogP contribution in [0.4, 0.5) is 17.6 Å². The molecule has 0 saturated heterocycles. The summed E-state index contributed by atoms with van der Waals surface area (Å²) in [4.78, 5) is 16.4. The Hall–Kier alpha value is -2.59. The molecule has 1 aliphatic rings. The van der Waals surface area contributed by atoms with Crippen LogP contribution in [0.2, 0.25) is 0 Å². The van der Waals surface area contributed by atoms with Crippen molar-refractivity contribution < 1.29 is 30.8 Å². The highest BCUT2D eigenvalue weighted by molar-refractivity contribution is 7.92. The summed E-state index contributed by atoms with van der Waals surface area (Å²) in [5, 5.41) is 0.660. The van der Waals surface area contributed by atoms with Crippen molar-refractivity contribution >= 4 is 27.0 Å². The first-order chi connectivity index (χ1) is 14.5. The molecule has 162 valence electrons. The van der Waals surface area contributed by atoms with Crippen molar-refractivity contribution in [3.8, 4) is 0 Å². The highest BCUT2D eigenvalue weighted by Gasteiger charge is 2.47. The molecule has 1 aromatic heterocycles. The van der Waals surface area contributed by atoms with E-state index in [1.807, 2.05) is 0 Å². The molecule has 10 heteroatoms. The lowest BCUT2D eigenvalue weighted by atomic mass is 9.65. The van der Waals surface area contributed by atoms with E-state index in [4.69, 9.17) is 0 Å². The third-order valence-electron chi connectivity index (χ3n) is 5.45. The van der Waals surface area contributed by atoms with Crippen molar-refractivity contribution in [2.75, 3.05) is 0 Å². The van der Waals surface area contributed by atoms with Crippen LogP contribution in [0, 0.1) is 5.82 Å². The lowest BCUT2D eigenvalue weighted by Gasteiger charge is -2.40. The summed E-state index contributed by atoms with van der Waals surface area (Å²) in [6.07, 6.45) is 3.84. The molecule has 2 aromatic carbocycles. The molecule has 0 amide bonds. The Morgan fingerprint density at radius 3 is 2.32 bits per heavy atom. The zero-order valence-electron chi connectivity index (χ0n) is 15.8. The molecule has 0 unspecified atom stereocenters. The van der Waals surface area contributed by atoms with Crippen molar-refractivity contribution in [1.29, 1.82) is 0 Å². The van der Waals surface area contributed by atoms with Gasteiger partial charge in [-0.2, -0.15) is 13.2 Å². The van der Waals surface area contributed by atoms with Gasteiger partial charge in [0.25, 0.3) is 9.84 Å². The molecule has 0 aliphatic heterocycles. The van der Waals surface area contributed by atoms with Crippen LogP contribution in [0.15, 0.2) is 59.6 Å². The molecular weight excluding hydrogens is 454 g/mol. The summed E-state index contributed by atoms with van der Waals surface area (Å²) >= 11 is 1.11.